The quantitative estimate of drug-likeness (QED) is 0.557. The maximum Gasteiger partial charge on any atom is 0.489 e. The molecule has 3 nitrogen and oxygen atoms in total. The van der Waals surface area contributed by atoms with Crippen LogP contribution in [0, 0.1) is 0 Å². The van der Waals surface area contributed by atoms with Crippen LogP contribution in [-0.4, -0.2) is 17.2 Å². The lowest BCUT2D eigenvalue weighted by Crippen LogP contribution is -2.30. The largest absolute Gasteiger partial charge is 0.489 e. The van der Waals surface area contributed by atoms with Crippen LogP contribution >= 0.6 is 0 Å². The van der Waals surface area contributed by atoms with Gasteiger partial charge in [0.2, 0.25) is 0 Å². The Bertz CT molecular complexity index is 1050. The van der Waals surface area contributed by atoms with Crippen LogP contribution in [0.4, 0.5) is 0 Å². The summed E-state index contributed by atoms with van der Waals surface area (Å²) in [6, 6.07) is 19.7. The van der Waals surface area contributed by atoms with Crippen LogP contribution < -0.4 is 5.46 Å². The van der Waals surface area contributed by atoms with Gasteiger partial charge in [-0.05, 0) is 22.5 Å². The fraction of sp³-hybridized carbons (Fsp3) is 0.143. The van der Waals surface area contributed by atoms with Crippen molar-refractivity contribution in [1.82, 2.24) is 0 Å². The summed E-state index contributed by atoms with van der Waals surface area (Å²) in [5.41, 5.74) is 5.08. The van der Waals surface area contributed by atoms with E-state index in [0.29, 0.717) is 17.0 Å². The molecule has 4 aromatic rings. The summed E-state index contributed by atoms with van der Waals surface area (Å²) in [6.07, 6.45) is 0. The smallest absolute Gasteiger partial charge is 0.455 e. The summed E-state index contributed by atoms with van der Waals surface area (Å²) in [7, 11) is -1.55. The summed E-state index contributed by atoms with van der Waals surface area (Å²) >= 11 is 0. The number of fused-ring (bicyclic) bond motifs is 3. The monoisotopic (exact) mass is 330 g/mol. The van der Waals surface area contributed by atoms with Gasteiger partial charge in [-0.1, -0.05) is 74.5 Å². The fourth-order valence-corrected chi connectivity index (χ4v) is 3.46. The van der Waals surface area contributed by atoms with Crippen molar-refractivity contribution in [1.29, 1.82) is 0 Å². The van der Waals surface area contributed by atoms with E-state index >= 15 is 0 Å². The Balaban J connectivity index is 2.16. The molecule has 4 heteroatoms. The van der Waals surface area contributed by atoms with E-state index in [1.54, 1.807) is 6.07 Å². The Kier molecular flexibility index (Phi) is 3.87. The number of benzene rings is 3. The molecule has 0 radical (unpaired) electrons. The van der Waals surface area contributed by atoms with Crippen molar-refractivity contribution in [3.8, 4) is 11.1 Å². The molecule has 4 rings (SSSR count). The molecule has 0 spiro atoms. The highest BCUT2D eigenvalue weighted by Crippen LogP contribution is 2.37. The van der Waals surface area contributed by atoms with E-state index in [0.717, 1.165) is 33.0 Å². The van der Waals surface area contributed by atoms with E-state index in [1.807, 2.05) is 48.5 Å². The molecule has 3 aromatic carbocycles. The number of para-hydroxylation sites is 1. The van der Waals surface area contributed by atoms with E-state index in [4.69, 9.17) is 4.42 Å². The van der Waals surface area contributed by atoms with Crippen molar-refractivity contribution < 1.29 is 14.5 Å². The molecule has 1 heterocycles. The van der Waals surface area contributed by atoms with Gasteiger partial charge in [-0.3, -0.25) is 0 Å². The predicted octanol–water partition coefficient (Wildman–Crippen LogP) is 4.06. The van der Waals surface area contributed by atoms with Crippen molar-refractivity contribution >= 4 is 34.5 Å². The summed E-state index contributed by atoms with van der Waals surface area (Å²) < 4.78 is 6.30. The maximum atomic E-state index is 9.85. The van der Waals surface area contributed by atoms with Gasteiger partial charge in [0.25, 0.3) is 0 Å². The molecule has 2 N–H and O–H groups in total. The van der Waals surface area contributed by atoms with Gasteiger partial charge in [0, 0.05) is 16.3 Å². The number of hydrogen-bond donors (Lipinski definition) is 2. The highest BCUT2D eigenvalue weighted by Gasteiger charge is 2.23. The minimum Gasteiger partial charge on any atom is -0.455 e. The minimum atomic E-state index is -1.55. The topological polar surface area (TPSA) is 53.6 Å². The number of hydrogen-bond acceptors (Lipinski definition) is 3. The lowest BCUT2D eigenvalue weighted by atomic mass is 9.76. The first-order valence-electron chi connectivity index (χ1n) is 8.47. The van der Waals surface area contributed by atoms with Gasteiger partial charge in [0.15, 0.2) is 0 Å². The second kappa shape index (κ2) is 6.06. The zero-order chi connectivity index (χ0) is 17.6. The minimum absolute atomic E-state index is 0.312. The van der Waals surface area contributed by atoms with Crippen molar-refractivity contribution in [2.24, 2.45) is 0 Å². The first-order chi connectivity index (χ1) is 12.1. The summed E-state index contributed by atoms with van der Waals surface area (Å²) in [4.78, 5) is 0. The Hall–Kier alpha value is -2.56. The molecule has 0 bridgehead atoms. The average molecular weight is 330 g/mol. The second-order valence-corrected chi connectivity index (χ2v) is 6.63. The van der Waals surface area contributed by atoms with E-state index in [9.17, 15) is 10.0 Å². The van der Waals surface area contributed by atoms with Crippen molar-refractivity contribution in [2.75, 3.05) is 0 Å². The molecule has 0 unspecified atom stereocenters. The third-order valence-electron chi connectivity index (χ3n) is 4.69. The van der Waals surface area contributed by atoms with Crippen molar-refractivity contribution in [3.05, 3.63) is 66.2 Å². The van der Waals surface area contributed by atoms with Crippen LogP contribution in [-0.2, 0) is 0 Å². The standard InChI is InChI=1S/C21H19BO3/c1-13(2)15-9-6-10-17-19-18(22(23)24)12-11-16(21(19)25-20(15)17)14-7-4-3-5-8-14/h3-13,23-24H,1-2H3. The van der Waals surface area contributed by atoms with E-state index in [-0.39, 0.29) is 0 Å². The Labute approximate surface area is 146 Å². The van der Waals surface area contributed by atoms with Gasteiger partial charge < -0.3 is 14.5 Å². The Morgan fingerprint density at radius 3 is 2.28 bits per heavy atom. The lowest BCUT2D eigenvalue weighted by molar-refractivity contribution is 0.426. The molecular formula is C21H19BO3. The number of rotatable bonds is 3. The molecule has 0 amide bonds. The highest BCUT2D eigenvalue weighted by molar-refractivity contribution is 6.63. The Morgan fingerprint density at radius 2 is 1.60 bits per heavy atom. The van der Waals surface area contributed by atoms with Crippen molar-refractivity contribution in [3.63, 3.8) is 0 Å². The maximum absolute atomic E-state index is 9.85. The first kappa shape index (κ1) is 15.9. The normalized spacial score (nSPS) is 11.6. The van der Waals surface area contributed by atoms with Crippen LogP contribution in [0.5, 0.6) is 0 Å². The van der Waals surface area contributed by atoms with E-state index < -0.39 is 7.12 Å². The van der Waals surface area contributed by atoms with Gasteiger partial charge in [-0.15, -0.1) is 0 Å². The molecule has 1 aromatic heterocycles. The summed E-state index contributed by atoms with van der Waals surface area (Å²) in [5, 5.41) is 21.4. The Morgan fingerprint density at radius 1 is 0.840 bits per heavy atom. The van der Waals surface area contributed by atoms with Crippen LogP contribution in [0.1, 0.15) is 25.3 Å². The van der Waals surface area contributed by atoms with Crippen LogP contribution in [0.25, 0.3) is 33.1 Å². The molecule has 0 atom stereocenters. The van der Waals surface area contributed by atoms with Gasteiger partial charge in [0.05, 0.1) is 0 Å². The van der Waals surface area contributed by atoms with Gasteiger partial charge >= 0.3 is 7.12 Å². The van der Waals surface area contributed by atoms with E-state index in [1.165, 1.54) is 0 Å². The molecule has 0 saturated heterocycles. The third-order valence-corrected chi connectivity index (χ3v) is 4.69. The zero-order valence-corrected chi connectivity index (χ0v) is 14.2. The molecule has 0 aliphatic carbocycles. The average Bonchev–Trinajstić information content (AvgIpc) is 3.00. The van der Waals surface area contributed by atoms with Crippen LogP contribution in [0.2, 0.25) is 0 Å². The molecule has 124 valence electrons. The van der Waals surface area contributed by atoms with Crippen molar-refractivity contribution in [2.45, 2.75) is 19.8 Å². The van der Waals surface area contributed by atoms with Crippen LogP contribution in [0.3, 0.4) is 0 Å². The number of furan rings is 1. The van der Waals surface area contributed by atoms with Gasteiger partial charge in [-0.2, -0.15) is 0 Å². The molecular weight excluding hydrogens is 311 g/mol. The molecule has 0 fully saturated rings. The molecule has 0 saturated carbocycles. The predicted molar refractivity (Wildman–Crippen MR) is 103 cm³/mol. The zero-order valence-electron chi connectivity index (χ0n) is 14.2. The SMILES string of the molecule is CC(C)c1cccc2c1oc1c(-c3ccccc3)ccc(B(O)O)c12. The summed E-state index contributed by atoms with van der Waals surface area (Å²) in [6.45, 7) is 4.25. The summed E-state index contributed by atoms with van der Waals surface area (Å²) in [5.74, 6) is 0.312. The second-order valence-electron chi connectivity index (χ2n) is 6.63. The van der Waals surface area contributed by atoms with Gasteiger partial charge in [-0.25, -0.2) is 0 Å². The molecule has 0 aliphatic rings. The van der Waals surface area contributed by atoms with Crippen LogP contribution in [0.15, 0.2) is 65.1 Å². The van der Waals surface area contributed by atoms with Gasteiger partial charge in [0.1, 0.15) is 11.2 Å². The molecule has 25 heavy (non-hydrogen) atoms. The lowest BCUT2D eigenvalue weighted by Gasteiger charge is -2.07. The fourth-order valence-electron chi connectivity index (χ4n) is 3.46. The van der Waals surface area contributed by atoms with E-state index in [2.05, 4.69) is 19.9 Å². The molecule has 0 aliphatic heterocycles. The first-order valence-corrected chi connectivity index (χ1v) is 8.47. The third kappa shape index (κ3) is 2.54. The highest BCUT2D eigenvalue weighted by atomic mass is 16.4.